The van der Waals surface area contributed by atoms with E-state index in [0.29, 0.717) is 11.4 Å². The highest BCUT2D eigenvalue weighted by Gasteiger charge is 2.16. The van der Waals surface area contributed by atoms with Crippen molar-refractivity contribution < 1.29 is 4.42 Å². The Morgan fingerprint density at radius 3 is 2.64 bits per heavy atom. The summed E-state index contributed by atoms with van der Waals surface area (Å²) in [4.78, 5) is 6.28. The molecule has 6 nitrogen and oxygen atoms in total. The fourth-order valence-corrected chi connectivity index (χ4v) is 3.67. The summed E-state index contributed by atoms with van der Waals surface area (Å²) >= 11 is 5.61. The van der Waals surface area contributed by atoms with Crippen molar-refractivity contribution in [1.29, 1.82) is 0 Å². The van der Waals surface area contributed by atoms with Crippen molar-refractivity contribution in [2.45, 2.75) is 26.6 Å². The van der Waals surface area contributed by atoms with Gasteiger partial charge in [-0.2, -0.15) is 5.10 Å². The van der Waals surface area contributed by atoms with Crippen molar-refractivity contribution >= 4 is 23.2 Å². The van der Waals surface area contributed by atoms with Crippen LogP contribution in [-0.4, -0.2) is 31.3 Å². The summed E-state index contributed by atoms with van der Waals surface area (Å²) in [6, 6.07) is 12.1. The standard InChI is InChI=1S/C21H23N5OS/c1-4-18-17(16-7-5-6-8-19(16)27-18)13-24(2)14-26-21(28)25(3)20(23-26)15-9-11-22-12-10-15/h5-12H,4,13-14H2,1-3H3. The number of aryl methyl sites for hydroxylation is 1. The molecule has 0 radical (unpaired) electrons. The average molecular weight is 394 g/mol. The van der Waals surface area contributed by atoms with E-state index in [-0.39, 0.29) is 0 Å². The largest absolute Gasteiger partial charge is 0.461 e. The molecule has 0 aliphatic heterocycles. The first-order valence-corrected chi connectivity index (χ1v) is 9.71. The van der Waals surface area contributed by atoms with Crippen LogP contribution in [0.1, 0.15) is 18.2 Å². The predicted molar refractivity (Wildman–Crippen MR) is 112 cm³/mol. The minimum atomic E-state index is 0.598. The van der Waals surface area contributed by atoms with E-state index in [4.69, 9.17) is 21.7 Å². The molecule has 4 aromatic rings. The molecule has 0 saturated carbocycles. The minimum Gasteiger partial charge on any atom is -0.461 e. The Hall–Kier alpha value is -2.77. The van der Waals surface area contributed by atoms with Crippen LogP contribution in [-0.2, 0) is 26.7 Å². The zero-order chi connectivity index (χ0) is 19.7. The smallest absolute Gasteiger partial charge is 0.199 e. The maximum atomic E-state index is 6.02. The number of aromatic nitrogens is 4. The van der Waals surface area contributed by atoms with Crippen molar-refractivity contribution in [3.8, 4) is 11.4 Å². The Labute approximate surface area is 169 Å². The maximum Gasteiger partial charge on any atom is 0.199 e. The van der Waals surface area contributed by atoms with Gasteiger partial charge in [-0.3, -0.25) is 9.88 Å². The molecule has 0 fully saturated rings. The third-order valence-corrected chi connectivity index (χ3v) is 5.37. The molecule has 0 aliphatic rings. The first kappa shape index (κ1) is 18.6. The molecule has 4 rings (SSSR count). The predicted octanol–water partition coefficient (Wildman–Crippen LogP) is 4.41. The summed E-state index contributed by atoms with van der Waals surface area (Å²) in [5.41, 5.74) is 3.17. The van der Waals surface area contributed by atoms with Crippen LogP contribution in [0.4, 0.5) is 0 Å². The summed E-state index contributed by atoms with van der Waals surface area (Å²) in [5.74, 6) is 1.87. The van der Waals surface area contributed by atoms with E-state index in [1.165, 1.54) is 10.9 Å². The summed E-state index contributed by atoms with van der Waals surface area (Å²) in [7, 11) is 4.02. The Morgan fingerprint density at radius 2 is 1.89 bits per heavy atom. The van der Waals surface area contributed by atoms with Crippen LogP contribution in [0.3, 0.4) is 0 Å². The van der Waals surface area contributed by atoms with Crippen molar-refractivity contribution in [3.05, 3.63) is 64.9 Å². The number of nitrogens with zero attached hydrogens (tertiary/aromatic N) is 5. The molecule has 0 spiro atoms. The summed E-state index contributed by atoms with van der Waals surface area (Å²) in [5, 5.41) is 5.91. The van der Waals surface area contributed by atoms with Gasteiger partial charge >= 0.3 is 0 Å². The molecule has 3 aromatic heterocycles. The Balaban J connectivity index is 1.60. The average Bonchev–Trinajstić information content (AvgIpc) is 3.21. The van der Waals surface area contributed by atoms with Crippen molar-refractivity contribution in [1.82, 2.24) is 24.2 Å². The van der Waals surface area contributed by atoms with Gasteiger partial charge in [-0.25, -0.2) is 4.68 Å². The number of pyridine rings is 1. The number of benzene rings is 1. The molecule has 0 aliphatic carbocycles. The SMILES string of the molecule is CCc1oc2ccccc2c1CN(C)Cn1nc(-c2ccncc2)n(C)c1=S. The normalized spacial score (nSPS) is 11.6. The van der Waals surface area contributed by atoms with Crippen LogP contribution in [0.25, 0.3) is 22.4 Å². The van der Waals surface area contributed by atoms with Gasteiger partial charge in [0.2, 0.25) is 0 Å². The first-order chi connectivity index (χ1) is 13.6. The lowest BCUT2D eigenvalue weighted by Gasteiger charge is -2.16. The number of fused-ring (bicyclic) bond motifs is 1. The van der Waals surface area contributed by atoms with Gasteiger partial charge in [0.25, 0.3) is 0 Å². The van der Waals surface area contributed by atoms with Gasteiger partial charge in [0.15, 0.2) is 10.6 Å². The Morgan fingerprint density at radius 1 is 1.14 bits per heavy atom. The van der Waals surface area contributed by atoms with Gasteiger partial charge in [0.05, 0.1) is 6.67 Å². The van der Waals surface area contributed by atoms with E-state index in [0.717, 1.165) is 35.7 Å². The molecule has 0 N–H and O–H groups in total. The molecule has 7 heteroatoms. The molecule has 3 heterocycles. The second kappa shape index (κ2) is 7.69. The number of hydrogen-bond donors (Lipinski definition) is 0. The lowest BCUT2D eigenvalue weighted by atomic mass is 10.1. The molecular weight excluding hydrogens is 370 g/mol. The van der Waals surface area contributed by atoms with Gasteiger partial charge in [-0.15, -0.1) is 0 Å². The van der Waals surface area contributed by atoms with Crippen molar-refractivity contribution in [2.75, 3.05) is 7.05 Å². The van der Waals surface area contributed by atoms with E-state index in [1.807, 2.05) is 40.6 Å². The van der Waals surface area contributed by atoms with Gasteiger partial charge in [-0.05, 0) is 37.5 Å². The van der Waals surface area contributed by atoms with E-state index in [2.05, 4.69) is 36.0 Å². The fraction of sp³-hybridized carbons (Fsp3) is 0.286. The second-order valence-electron chi connectivity index (χ2n) is 6.91. The maximum absolute atomic E-state index is 6.02. The number of para-hydroxylation sites is 1. The molecule has 0 atom stereocenters. The number of hydrogen-bond acceptors (Lipinski definition) is 5. The number of furan rings is 1. The van der Waals surface area contributed by atoms with Crippen LogP contribution < -0.4 is 0 Å². The topological polar surface area (TPSA) is 52.0 Å². The zero-order valence-corrected chi connectivity index (χ0v) is 17.1. The quantitative estimate of drug-likeness (QED) is 0.454. The third kappa shape index (κ3) is 3.39. The third-order valence-electron chi connectivity index (χ3n) is 4.89. The van der Waals surface area contributed by atoms with E-state index >= 15 is 0 Å². The summed E-state index contributed by atoms with van der Waals surface area (Å²) < 4.78 is 10.5. The van der Waals surface area contributed by atoms with E-state index < -0.39 is 0 Å². The highest BCUT2D eigenvalue weighted by atomic mass is 32.1. The molecule has 0 unspecified atom stereocenters. The van der Waals surface area contributed by atoms with Crippen LogP contribution in [0.15, 0.2) is 53.2 Å². The van der Waals surface area contributed by atoms with E-state index in [1.54, 1.807) is 12.4 Å². The van der Waals surface area contributed by atoms with Crippen molar-refractivity contribution in [2.24, 2.45) is 7.05 Å². The summed E-state index contributed by atoms with van der Waals surface area (Å²) in [6.45, 7) is 3.49. The van der Waals surface area contributed by atoms with Gasteiger partial charge < -0.3 is 8.98 Å². The lowest BCUT2D eigenvalue weighted by Crippen LogP contribution is -2.23. The van der Waals surface area contributed by atoms with Gasteiger partial charge in [-0.1, -0.05) is 25.1 Å². The fourth-order valence-electron chi connectivity index (χ4n) is 3.49. The second-order valence-corrected chi connectivity index (χ2v) is 7.27. The Bertz CT molecular complexity index is 1160. The molecule has 28 heavy (non-hydrogen) atoms. The molecule has 0 bridgehead atoms. The number of rotatable bonds is 6. The van der Waals surface area contributed by atoms with Crippen LogP contribution >= 0.6 is 12.2 Å². The van der Waals surface area contributed by atoms with E-state index in [9.17, 15) is 0 Å². The van der Waals surface area contributed by atoms with Crippen LogP contribution in [0.5, 0.6) is 0 Å². The Kier molecular flexibility index (Phi) is 5.11. The van der Waals surface area contributed by atoms with Crippen LogP contribution in [0, 0.1) is 4.77 Å². The highest BCUT2D eigenvalue weighted by Crippen LogP contribution is 2.27. The molecule has 144 valence electrons. The minimum absolute atomic E-state index is 0.598. The first-order valence-electron chi connectivity index (χ1n) is 9.30. The molecule has 0 saturated heterocycles. The molecule has 1 aromatic carbocycles. The molecule has 0 amide bonds. The molecular formula is C21H23N5OS. The van der Waals surface area contributed by atoms with Crippen LogP contribution in [0.2, 0.25) is 0 Å². The lowest BCUT2D eigenvalue weighted by molar-refractivity contribution is 0.243. The zero-order valence-electron chi connectivity index (χ0n) is 16.3. The highest BCUT2D eigenvalue weighted by molar-refractivity contribution is 7.71. The summed E-state index contributed by atoms with van der Waals surface area (Å²) in [6.07, 6.45) is 4.40. The van der Waals surface area contributed by atoms with Gasteiger partial charge in [0.1, 0.15) is 11.3 Å². The van der Waals surface area contributed by atoms with Crippen molar-refractivity contribution in [3.63, 3.8) is 0 Å². The monoisotopic (exact) mass is 393 g/mol. The van der Waals surface area contributed by atoms with Gasteiger partial charge in [0, 0.05) is 48.9 Å².